The second kappa shape index (κ2) is 4.23. The zero-order valence-electron chi connectivity index (χ0n) is 10.3. The van der Waals surface area contributed by atoms with E-state index in [1.807, 2.05) is 14.1 Å². The average molecular weight is 207 g/mol. The Morgan fingerprint density at radius 1 is 1.27 bits per heavy atom. The number of aliphatic hydroxyl groups excluding tert-OH is 1. The van der Waals surface area contributed by atoms with Crippen LogP contribution in [0.25, 0.3) is 0 Å². The van der Waals surface area contributed by atoms with Crippen LogP contribution in [0.3, 0.4) is 0 Å². The smallest absolute Gasteiger partial charge is 0.0523 e. The van der Waals surface area contributed by atoms with Gasteiger partial charge in [-0.05, 0) is 18.6 Å². The zero-order chi connectivity index (χ0) is 11.6. The number of hydrogen-bond donors (Lipinski definition) is 1. The Morgan fingerprint density at radius 3 is 2.33 bits per heavy atom. The van der Waals surface area contributed by atoms with Gasteiger partial charge in [-0.1, -0.05) is 31.5 Å². The maximum Gasteiger partial charge on any atom is 0.0523 e. The van der Waals surface area contributed by atoms with Crippen LogP contribution >= 0.6 is 0 Å². The van der Waals surface area contributed by atoms with E-state index >= 15 is 0 Å². The lowest BCUT2D eigenvalue weighted by Crippen LogP contribution is -2.25. The van der Waals surface area contributed by atoms with Gasteiger partial charge < -0.3 is 10.0 Å². The minimum atomic E-state index is -0.189. The third-order valence-corrected chi connectivity index (χ3v) is 2.76. The van der Waals surface area contributed by atoms with E-state index in [1.54, 1.807) is 0 Å². The van der Waals surface area contributed by atoms with Gasteiger partial charge in [0.05, 0.1) is 6.61 Å². The molecule has 84 valence electrons. The molecule has 0 bridgehead atoms. The van der Waals surface area contributed by atoms with Crippen LogP contribution in [0.1, 0.15) is 25.0 Å². The monoisotopic (exact) mass is 207 g/mol. The Hall–Kier alpha value is -1.02. The van der Waals surface area contributed by atoms with Crippen LogP contribution in [0.5, 0.6) is 0 Å². The lowest BCUT2D eigenvalue weighted by atomic mass is 9.83. The normalized spacial score (nSPS) is 11.6. The molecule has 0 heterocycles. The summed E-state index contributed by atoms with van der Waals surface area (Å²) >= 11 is 0. The van der Waals surface area contributed by atoms with Gasteiger partial charge >= 0.3 is 0 Å². The standard InChI is InChI=1S/C13H21NO/c1-10-6-7-12(14(4)5)11(8-10)13(2,3)9-15/h6-8,15H,9H2,1-5H3. The molecule has 0 spiro atoms. The molecule has 0 aliphatic carbocycles. The van der Waals surface area contributed by atoms with E-state index in [0.717, 1.165) is 0 Å². The molecule has 0 saturated heterocycles. The topological polar surface area (TPSA) is 23.5 Å². The van der Waals surface area contributed by atoms with Crippen LogP contribution in [-0.4, -0.2) is 25.8 Å². The van der Waals surface area contributed by atoms with Gasteiger partial charge in [-0.25, -0.2) is 0 Å². The molecule has 1 N–H and O–H groups in total. The molecule has 2 heteroatoms. The predicted molar refractivity (Wildman–Crippen MR) is 65.6 cm³/mol. The minimum Gasteiger partial charge on any atom is -0.395 e. The number of benzene rings is 1. The van der Waals surface area contributed by atoms with E-state index in [9.17, 15) is 5.11 Å². The molecule has 0 unspecified atom stereocenters. The minimum absolute atomic E-state index is 0.164. The van der Waals surface area contributed by atoms with E-state index in [0.29, 0.717) is 0 Å². The lowest BCUT2D eigenvalue weighted by Gasteiger charge is -2.28. The van der Waals surface area contributed by atoms with Gasteiger partial charge in [0, 0.05) is 25.2 Å². The second-order valence-electron chi connectivity index (χ2n) is 4.96. The highest BCUT2D eigenvalue weighted by Crippen LogP contribution is 2.31. The highest BCUT2D eigenvalue weighted by atomic mass is 16.3. The van der Waals surface area contributed by atoms with Crippen molar-refractivity contribution in [2.24, 2.45) is 0 Å². The number of nitrogens with zero attached hydrogens (tertiary/aromatic N) is 1. The van der Waals surface area contributed by atoms with Gasteiger partial charge in [0.1, 0.15) is 0 Å². The fourth-order valence-electron chi connectivity index (χ4n) is 1.67. The van der Waals surface area contributed by atoms with E-state index in [-0.39, 0.29) is 12.0 Å². The molecule has 0 aliphatic heterocycles. The van der Waals surface area contributed by atoms with Crippen LogP contribution in [0.15, 0.2) is 18.2 Å². The quantitative estimate of drug-likeness (QED) is 0.822. The third-order valence-electron chi connectivity index (χ3n) is 2.76. The molecule has 1 rings (SSSR count). The predicted octanol–water partition coefficient (Wildman–Crippen LogP) is 2.33. The van der Waals surface area contributed by atoms with E-state index in [4.69, 9.17) is 0 Å². The Balaban J connectivity index is 3.30. The highest BCUT2D eigenvalue weighted by molar-refractivity contribution is 5.56. The lowest BCUT2D eigenvalue weighted by molar-refractivity contribution is 0.218. The van der Waals surface area contributed by atoms with Crippen molar-refractivity contribution in [1.29, 1.82) is 0 Å². The molecule has 1 aromatic rings. The first-order valence-corrected chi connectivity index (χ1v) is 5.28. The van der Waals surface area contributed by atoms with Crippen LogP contribution in [-0.2, 0) is 5.41 Å². The highest BCUT2D eigenvalue weighted by Gasteiger charge is 2.23. The molecule has 0 saturated carbocycles. The summed E-state index contributed by atoms with van der Waals surface area (Å²) < 4.78 is 0. The molecule has 0 aromatic heterocycles. The first-order chi connectivity index (χ1) is 6.88. The van der Waals surface area contributed by atoms with Crippen molar-refractivity contribution in [3.63, 3.8) is 0 Å². The number of hydrogen-bond acceptors (Lipinski definition) is 2. The van der Waals surface area contributed by atoms with Gasteiger partial charge in [0.25, 0.3) is 0 Å². The van der Waals surface area contributed by atoms with Crippen LogP contribution in [0.4, 0.5) is 5.69 Å². The van der Waals surface area contributed by atoms with Crippen molar-refractivity contribution in [3.8, 4) is 0 Å². The first-order valence-electron chi connectivity index (χ1n) is 5.28. The van der Waals surface area contributed by atoms with Crippen molar-refractivity contribution in [3.05, 3.63) is 29.3 Å². The number of aryl methyl sites for hydroxylation is 1. The van der Waals surface area contributed by atoms with Crippen molar-refractivity contribution in [2.45, 2.75) is 26.2 Å². The van der Waals surface area contributed by atoms with Gasteiger partial charge in [-0.3, -0.25) is 0 Å². The summed E-state index contributed by atoms with van der Waals surface area (Å²) in [5.41, 5.74) is 3.43. The maximum atomic E-state index is 9.43. The fraction of sp³-hybridized carbons (Fsp3) is 0.538. The molecule has 0 radical (unpaired) electrons. The van der Waals surface area contributed by atoms with E-state index in [1.165, 1.54) is 16.8 Å². The number of anilines is 1. The summed E-state index contributed by atoms with van der Waals surface area (Å²) in [5, 5.41) is 9.43. The van der Waals surface area contributed by atoms with Crippen molar-refractivity contribution in [2.75, 3.05) is 25.6 Å². The Labute approximate surface area is 92.5 Å². The molecule has 1 aromatic carbocycles. The Morgan fingerprint density at radius 2 is 1.87 bits per heavy atom. The number of rotatable bonds is 3. The molecular formula is C13H21NO. The second-order valence-corrected chi connectivity index (χ2v) is 4.96. The Bertz CT molecular complexity index is 342. The van der Waals surface area contributed by atoms with Gasteiger partial charge in [0.15, 0.2) is 0 Å². The summed E-state index contributed by atoms with van der Waals surface area (Å²) in [5.74, 6) is 0. The van der Waals surface area contributed by atoms with Gasteiger partial charge in [-0.2, -0.15) is 0 Å². The van der Waals surface area contributed by atoms with Gasteiger partial charge in [-0.15, -0.1) is 0 Å². The van der Waals surface area contributed by atoms with Crippen molar-refractivity contribution >= 4 is 5.69 Å². The van der Waals surface area contributed by atoms with Crippen LogP contribution < -0.4 is 4.90 Å². The van der Waals surface area contributed by atoms with Crippen molar-refractivity contribution in [1.82, 2.24) is 0 Å². The SMILES string of the molecule is Cc1ccc(N(C)C)c(C(C)(C)CO)c1. The van der Waals surface area contributed by atoms with Crippen molar-refractivity contribution < 1.29 is 5.11 Å². The molecular weight excluding hydrogens is 186 g/mol. The molecule has 0 fully saturated rings. The molecule has 2 nitrogen and oxygen atoms in total. The summed E-state index contributed by atoms with van der Waals surface area (Å²) in [6.07, 6.45) is 0. The Kier molecular flexibility index (Phi) is 3.40. The van der Waals surface area contributed by atoms with Gasteiger partial charge in [0.2, 0.25) is 0 Å². The summed E-state index contributed by atoms with van der Waals surface area (Å²) in [7, 11) is 4.06. The summed E-state index contributed by atoms with van der Waals surface area (Å²) in [6.45, 7) is 6.37. The number of aliphatic hydroxyl groups is 1. The zero-order valence-corrected chi connectivity index (χ0v) is 10.3. The average Bonchev–Trinajstić information content (AvgIpc) is 2.17. The molecule has 0 atom stereocenters. The molecule has 0 aliphatic rings. The largest absolute Gasteiger partial charge is 0.395 e. The fourth-order valence-corrected chi connectivity index (χ4v) is 1.67. The molecule has 0 amide bonds. The van der Waals surface area contributed by atoms with E-state index in [2.05, 4.69) is 43.9 Å². The maximum absolute atomic E-state index is 9.43. The first kappa shape index (κ1) is 12.1. The third kappa shape index (κ3) is 2.51. The van der Waals surface area contributed by atoms with Crippen LogP contribution in [0.2, 0.25) is 0 Å². The molecule has 15 heavy (non-hydrogen) atoms. The van der Waals surface area contributed by atoms with E-state index < -0.39 is 0 Å². The van der Waals surface area contributed by atoms with Crippen LogP contribution in [0, 0.1) is 6.92 Å². The summed E-state index contributed by atoms with van der Waals surface area (Å²) in [4.78, 5) is 2.09. The summed E-state index contributed by atoms with van der Waals surface area (Å²) in [6, 6.07) is 6.37.